The molecular weight excluding hydrogens is 387 g/mol. The van der Waals surface area contributed by atoms with Crippen LogP contribution in [0.4, 0.5) is 19.0 Å². The maximum absolute atomic E-state index is 12.7. The monoisotopic (exact) mass is 409 g/mol. The van der Waals surface area contributed by atoms with Crippen LogP contribution in [0.25, 0.3) is 0 Å². The van der Waals surface area contributed by atoms with Crippen LogP contribution in [-0.4, -0.2) is 30.7 Å². The lowest BCUT2D eigenvalue weighted by atomic mass is 10.1. The van der Waals surface area contributed by atoms with Crippen LogP contribution in [0.1, 0.15) is 22.4 Å². The summed E-state index contributed by atoms with van der Waals surface area (Å²) in [6, 6.07) is 6.74. The van der Waals surface area contributed by atoms with Gasteiger partial charge in [0.1, 0.15) is 43.1 Å². The Morgan fingerprint density at radius 2 is 1.93 bits per heavy atom. The lowest BCUT2D eigenvalue weighted by Gasteiger charge is -2.29. The Kier molecular flexibility index (Phi) is 5.72. The highest BCUT2D eigenvalue weighted by molar-refractivity contribution is 7.71. The maximum atomic E-state index is 12.7. The first-order chi connectivity index (χ1) is 13.2. The van der Waals surface area contributed by atoms with Gasteiger partial charge >= 0.3 is 6.18 Å². The van der Waals surface area contributed by atoms with Crippen molar-refractivity contribution in [3.63, 3.8) is 0 Å². The number of aromatic nitrogens is 2. The van der Waals surface area contributed by atoms with E-state index in [-0.39, 0.29) is 0 Å². The molecule has 28 heavy (non-hydrogen) atoms. The molecule has 2 aromatic rings. The summed E-state index contributed by atoms with van der Waals surface area (Å²) in [7, 11) is 0. The highest BCUT2D eigenvalue weighted by Gasteiger charge is 2.33. The van der Waals surface area contributed by atoms with Crippen molar-refractivity contribution in [2.45, 2.75) is 26.7 Å². The Labute approximate surface area is 166 Å². The summed E-state index contributed by atoms with van der Waals surface area (Å²) in [5.74, 6) is 0.682. The second-order valence-corrected chi connectivity index (χ2v) is 7.43. The minimum atomic E-state index is -4.34. The number of aryl methyl sites for hydroxylation is 2. The summed E-state index contributed by atoms with van der Waals surface area (Å²) in [5, 5.41) is 9.33. The molecule has 5 nitrogen and oxygen atoms in total. The van der Waals surface area contributed by atoms with E-state index in [1.165, 1.54) is 11.0 Å². The standard InChI is InChI=1S/C19H20F3N5S/c1-13-9-14(2)27(18(28)16(13)10-23)12-25-5-7-26(8-6-25)17-4-3-15(11-24-17)19(20,21)22/h3-4,9,11H,5-8,12H2,1-2H3/p+2. The molecule has 1 saturated heterocycles. The van der Waals surface area contributed by atoms with E-state index in [0.717, 1.165) is 49.7 Å². The molecule has 2 aromatic heterocycles. The number of piperazine rings is 1. The highest BCUT2D eigenvalue weighted by atomic mass is 32.1. The number of alkyl halides is 3. The van der Waals surface area contributed by atoms with Crippen LogP contribution in [-0.2, 0) is 12.8 Å². The average molecular weight is 409 g/mol. The first-order valence-electron chi connectivity index (χ1n) is 8.99. The molecule has 3 heterocycles. The molecule has 0 amide bonds. The Bertz CT molecular complexity index is 952. The topological polar surface area (TPSA) is 50.5 Å². The zero-order chi connectivity index (χ0) is 20.5. The van der Waals surface area contributed by atoms with Gasteiger partial charge in [0, 0.05) is 11.8 Å². The van der Waals surface area contributed by atoms with Crippen LogP contribution in [0, 0.1) is 29.8 Å². The number of nitrogens with zero attached hydrogens (tertiary/aromatic N) is 3. The van der Waals surface area contributed by atoms with Gasteiger partial charge in [-0.15, -0.1) is 0 Å². The normalized spacial score (nSPS) is 15.5. The van der Waals surface area contributed by atoms with Crippen LogP contribution in [0.2, 0.25) is 0 Å². The van der Waals surface area contributed by atoms with Crippen molar-refractivity contribution in [2.24, 2.45) is 0 Å². The fourth-order valence-corrected chi connectivity index (χ4v) is 3.91. The van der Waals surface area contributed by atoms with Gasteiger partial charge in [-0.05, 0) is 31.5 Å². The molecule has 2 N–H and O–H groups in total. The van der Waals surface area contributed by atoms with Gasteiger partial charge in [-0.2, -0.15) is 18.4 Å². The number of pyridine rings is 2. The van der Waals surface area contributed by atoms with Crippen LogP contribution in [0.3, 0.4) is 0 Å². The van der Waals surface area contributed by atoms with Crippen molar-refractivity contribution >= 4 is 18.0 Å². The molecule has 1 aliphatic heterocycles. The van der Waals surface area contributed by atoms with E-state index in [0.29, 0.717) is 22.7 Å². The van der Waals surface area contributed by atoms with Crippen LogP contribution < -0.4 is 14.8 Å². The second kappa shape index (κ2) is 7.89. The molecule has 0 saturated carbocycles. The van der Waals surface area contributed by atoms with Crippen molar-refractivity contribution < 1.29 is 23.1 Å². The molecule has 1 fully saturated rings. The zero-order valence-corrected chi connectivity index (χ0v) is 16.5. The predicted octanol–water partition coefficient (Wildman–Crippen LogP) is 1.90. The third kappa shape index (κ3) is 4.18. The van der Waals surface area contributed by atoms with Crippen LogP contribution in [0.15, 0.2) is 24.4 Å². The van der Waals surface area contributed by atoms with Crippen molar-refractivity contribution in [1.29, 1.82) is 5.26 Å². The Morgan fingerprint density at radius 1 is 1.25 bits per heavy atom. The Morgan fingerprint density at radius 3 is 2.46 bits per heavy atom. The molecule has 0 spiro atoms. The quantitative estimate of drug-likeness (QED) is 0.788. The number of hydrogen-bond donors (Lipinski definition) is 1. The molecule has 9 heteroatoms. The molecule has 3 rings (SSSR count). The molecule has 0 bridgehead atoms. The van der Waals surface area contributed by atoms with Crippen LogP contribution >= 0.6 is 12.2 Å². The van der Waals surface area contributed by atoms with Crippen molar-refractivity contribution in [3.8, 4) is 6.07 Å². The van der Waals surface area contributed by atoms with Gasteiger partial charge in [0.05, 0.1) is 11.1 Å². The molecule has 148 valence electrons. The number of nitriles is 1. The summed E-state index contributed by atoms with van der Waals surface area (Å²) < 4.78 is 40.6. The smallest absolute Gasteiger partial charge is 0.311 e. The Balaban J connectivity index is 1.67. The van der Waals surface area contributed by atoms with Crippen molar-refractivity contribution in [2.75, 3.05) is 31.1 Å². The number of halogens is 3. The van der Waals surface area contributed by atoms with Gasteiger partial charge in [-0.1, -0.05) is 12.2 Å². The molecule has 0 atom stereocenters. The highest BCUT2D eigenvalue weighted by Crippen LogP contribution is 2.28. The Hall–Kier alpha value is -2.44. The minimum Gasteiger partial charge on any atom is -0.311 e. The zero-order valence-electron chi connectivity index (χ0n) is 15.7. The summed E-state index contributed by atoms with van der Waals surface area (Å²) in [5.41, 5.74) is 1.77. The summed E-state index contributed by atoms with van der Waals surface area (Å²) in [4.78, 5) is 6.12. The fraction of sp³-hybridized carbons (Fsp3) is 0.421. The van der Waals surface area contributed by atoms with E-state index in [2.05, 4.69) is 11.1 Å². The van der Waals surface area contributed by atoms with Gasteiger partial charge in [0.25, 0.3) is 5.82 Å². The van der Waals surface area contributed by atoms with E-state index in [9.17, 15) is 18.4 Å². The van der Waals surface area contributed by atoms with Gasteiger partial charge in [0.15, 0.2) is 6.67 Å². The largest absolute Gasteiger partial charge is 0.419 e. The first-order valence-corrected chi connectivity index (χ1v) is 9.40. The second-order valence-electron chi connectivity index (χ2n) is 7.04. The third-order valence-corrected chi connectivity index (χ3v) is 5.56. The maximum Gasteiger partial charge on any atom is 0.419 e. The van der Waals surface area contributed by atoms with Gasteiger partial charge in [-0.3, -0.25) is 9.47 Å². The number of anilines is 1. The molecule has 1 aliphatic rings. The van der Waals surface area contributed by atoms with Gasteiger partial charge < -0.3 is 4.90 Å². The first kappa shape index (κ1) is 20.3. The lowest BCUT2D eigenvalue weighted by Crippen LogP contribution is -3.14. The van der Waals surface area contributed by atoms with Crippen molar-refractivity contribution in [3.05, 3.63) is 51.4 Å². The number of rotatable bonds is 3. The van der Waals surface area contributed by atoms with E-state index >= 15 is 0 Å². The molecular formula is C19H22F3N5S+2. The predicted molar refractivity (Wildman–Crippen MR) is 100 cm³/mol. The van der Waals surface area contributed by atoms with Crippen LogP contribution in [0.5, 0.6) is 0 Å². The SMILES string of the molecule is Cc1cc(C)n(C[NH+]2CCN(c3ccc(C(F)(F)F)c[nH+]3)CC2)c(=S)c1C#N. The molecule has 0 unspecified atom stereocenters. The lowest BCUT2D eigenvalue weighted by molar-refractivity contribution is -0.923. The number of aromatic amines is 1. The number of quaternary nitrogens is 1. The summed E-state index contributed by atoms with van der Waals surface area (Å²) in [6.45, 7) is 7.64. The number of hydrogen-bond acceptors (Lipinski definition) is 3. The average Bonchev–Trinajstić information content (AvgIpc) is 2.65. The van der Waals surface area contributed by atoms with Gasteiger partial charge in [-0.25, -0.2) is 4.98 Å². The minimum absolute atomic E-state index is 0.540. The van der Waals surface area contributed by atoms with E-state index in [4.69, 9.17) is 12.2 Å². The van der Waals surface area contributed by atoms with E-state index in [1.54, 1.807) is 0 Å². The van der Waals surface area contributed by atoms with E-state index < -0.39 is 11.7 Å². The molecule has 0 aromatic carbocycles. The number of H-pyrrole nitrogens is 1. The molecule has 0 aliphatic carbocycles. The van der Waals surface area contributed by atoms with E-state index in [1.807, 2.05) is 29.4 Å². The number of nitrogens with one attached hydrogen (secondary N) is 2. The molecule has 0 radical (unpaired) electrons. The van der Waals surface area contributed by atoms with Crippen molar-refractivity contribution in [1.82, 2.24) is 4.57 Å². The summed E-state index contributed by atoms with van der Waals surface area (Å²) >= 11 is 5.50. The third-order valence-electron chi connectivity index (χ3n) is 5.13. The summed E-state index contributed by atoms with van der Waals surface area (Å²) in [6.07, 6.45) is -3.34. The van der Waals surface area contributed by atoms with Gasteiger partial charge in [0.2, 0.25) is 0 Å². The fourth-order valence-electron chi connectivity index (χ4n) is 3.49.